The van der Waals surface area contributed by atoms with E-state index in [1.807, 2.05) is 13.1 Å². The lowest BCUT2D eigenvalue weighted by Gasteiger charge is -2.38. The normalized spacial score (nSPS) is 19.4. The van der Waals surface area contributed by atoms with Crippen molar-refractivity contribution >= 4 is 28.4 Å². The Morgan fingerprint density at radius 2 is 2.18 bits per heavy atom. The van der Waals surface area contributed by atoms with Crippen LogP contribution in [-0.4, -0.2) is 35.3 Å². The van der Waals surface area contributed by atoms with E-state index in [1.165, 1.54) is 9.13 Å². The SMILES string of the molecule is Cc1cnc(N2CCC(O)(CN)CC2)c(I)c1. The molecule has 1 fully saturated rings. The first-order chi connectivity index (χ1) is 8.04. The Morgan fingerprint density at radius 3 is 2.71 bits per heavy atom. The Labute approximate surface area is 115 Å². The van der Waals surface area contributed by atoms with Crippen LogP contribution in [0.4, 0.5) is 5.82 Å². The maximum Gasteiger partial charge on any atom is 0.142 e. The molecule has 17 heavy (non-hydrogen) atoms. The summed E-state index contributed by atoms with van der Waals surface area (Å²) in [6, 6.07) is 2.13. The molecule has 0 aliphatic carbocycles. The van der Waals surface area contributed by atoms with Gasteiger partial charge in [0.05, 0.1) is 9.17 Å². The fourth-order valence-electron chi connectivity index (χ4n) is 2.10. The molecule has 5 heteroatoms. The summed E-state index contributed by atoms with van der Waals surface area (Å²) in [6.45, 7) is 4.03. The van der Waals surface area contributed by atoms with Gasteiger partial charge in [0, 0.05) is 25.8 Å². The summed E-state index contributed by atoms with van der Waals surface area (Å²) in [7, 11) is 0. The number of aliphatic hydroxyl groups is 1. The summed E-state index contributed by atoms with van der Waals surface area (Å²) in [4.78, 5) is 6.71. The van der Waals surface area contributed by atoms with Crippen LogP contribution in [0, 0.1) is 10.5 Å². The van der Waals surface area contributed by atoms with Crippen LogP contribution in [0.2, 0.25) is 0 Å². The number of nitrogens with two attached hydrogens (primary N) is 1. The zero-order chi connectivity index (χ0) is 12.5. The van der Waals surface area contributed by atoms with Crippen molar-refractivity contribution in [1.82, 2.24) is 4.98 Å². The number of rotatable bonds is 2. The van der Waals surface area contributed by atoms with Crippen molar-refractivity contribution < 1.29 is 5.11 Å². The molecule has 94 valence electrons. The molecule has 0 bridgehead atoms. The maximum atomic E-state index is 10.1. The van der Waals surface area contributed by atoms with Crippen molar-refractivity contribution in [2.45, 2.75) is 25.4 Å². The number of pyridine rings is 1. The summed E-state index contributed by atoms with van der Waals surface area (Å²) in [6.07, 6.45) is 3.32. The van der Waals surface area contributed by atoms with Crippen molar-refractivity contribution in [3.63, 3.8) is 0 Å². The quantitative estimate of drug-likeness (QED) is 0.792. The van der Waals surface area contributed by atoms with Gasteiger partial charge in [-0.2, -0.15) is 0 Å². The Morgan fingerprint density at radius 1 is 1.53 bits per heavy atom. The van der Waals surface area contributed by atoms with Crippen LogP contribution < -0.4 is 10.6 Å². The van der Waals surface area contributed by atoms with Crippen molar-refractivity contribution in [1.29, 1.82) is 0 Å². The van der Waals surface area contributed by atoms with E-state index in [0.29, 0.717) is 6.54 Å². The fraction of sp³-hybridized carbons (Fsp3) is 0.583. The zero-order valence-corrected chi connectivity index (χ0v) is 12.1. The van der Waals surface area contributed by atoms with Crippen LogP contribution in [0.3, 0.4) is 0 Å². The minimum absolute atomic E-state index is 0.346. The molecular formula is C12H18IN3O. The van der Waals surface area contributed by atoms with Crippen molar-refractivity contribution in [3.8, 4) is 0 Å². The van der Waals surface area contributed by atoms with E-state index in [1.54, 1.807) is 0 Å². The molecule has 1 aromatic rings. The van der Waals surface area contributed by atoms with Crippen molar-refractivity contribution in [2.75, 3.05) is 24.5 Å². The van der Waals surface area contributed by atoms with Crippen molar-refractivity contribution in [2.24, 2.45) is 5.73 Å². The van der Waals surface area contributed by atoms with E-state index in [2.05, 4.69) is 38.5 Å². The minimum Gasteiger partial charge on any atom is -0.388 e. The molecular weight excluding hydrogens is 329 g/mol. The Hall–Kier alpha value is -0.400. The number of piperidine rings is 1. The molecule has 2 heterocycles. The number of hydrogen-bond acceptors (Lipinski definition) is 4. The van der Waals surface area contributed by atoms with Crippen LogP contribution in [0.15, 0.2) is 12.3 Å². The van der Waals surface area contributed by atoms with E-state index in [9.17, 15) is 5.11 Å². The molecule has 1 aromatic heterocycles. The highest BCUT2D eigenvalue weighted by Crippen LogP contribution is 2.27. The van der Waals surface area contributed by atoms with Crippen LogP contribution in [-0.2, 0) is 0 Å². The molecule has 1 aliphatic heterocycles. The van der Waals surface area contributed by atoms with Crippen LogP contribution >= 0.6 is 22.6 Å². The third-order valence-corrected chi connectivity index (χ3v) is 4.13. The summed E-state index contributed by atoms with van der Waals surface area (Å²) in [5, 5.41) is 10.1. The highest BCUT2D eigenvalue weighted by atomic mass is 127. The third kappa shape index (κ3) is 2.89. The van der Waals surface area contributed by atoms with E-state index >= 15 is 0 Å². The topological polar surface area (TPSA) is 62.4 Å². The number of aromatic nitrogens is 1. The van der Waals surface area contributed by atoms with Crippen LogP contribution in [0.25, 0.3) is 0 Å². The highest BCUT2D eigenvalue weighted by molar-refractivity contribution is 14.1. The number of halogens is 1. The number of anilines is 1. The van der Waals surface area contributed by atoms with Gasteiger partial charge >= 0.3 is 0 Å². The maximum absolute atomic E-state index is 10.1. The lowest BCUT2D eigenvalue weighted by molar-refractivity contribution is 0.0248. The second-order valence-electron chi connectivity index (χ2n) is 4.73. The second kappa shape index (κ2) is 5.07. The van der Waals surface area contributed by atoms with E-state index < -0.39 is 5.60 Å². The molecule has 0 aromatic carbocycles. The predicted molar refractivity (Wildman–Crippen MR) is 77.1 cm³/mol. The molecule has 0 radical (unpaired) electrons. The second-order valence-corrected chi connectivity index (χ2v) is 5.90. The summed E-state index contributed by atoms with van der Waals surface area (Å²) >= 11 is 2.32. The van der Waals surface area contributed by atoms with Gasteiger partial charge in [0.25, 0.3) is 0 Å². The van der Waals surface area contributed by atoms with Crippen LogP contribution in [0.5, 0.6) is 0 Å². The number of aryl methyl sites for hydroxylation is 1. The lowest BCUT2D eigenvalue weighted by atomic mass is 9.92. The van der Waals surface area contributed by atoms with Gasteiger partial charge in [0.15, 0.2) is 0 Å². The first-order valence-corrected chi connectivity index (χ1v) is 6.91. The first-order valence-electron chi connectivity index (χ1n) is 5.84. The van der Waals surface area contributed by atoms with Gasteiger partial charge < -0.3 is 15.7 Å². The van der Waals surface area contributed by atoms with Crippen molar-refractivity contribution in [3.05, 3.63) is 21.4 Å². The van der Waals surface area contributed by atoms with Gasteiger partial charge in [-0.15, -0.1) is 0 Å². The summed E-state index contributed by atoms with van der Waals surface area (Å²) in [5.74, 6) is 1.02. The van der Waals surface area contributed by atoms with Gasteiger partial charge in [-0.05, 0) is 54.0 Å². The molecule has 1 aliphatic rings. The zero-order valence-electron chi connectivity index (χ0n) is 9.99. The molecule has 0 amide bonds. The molecule has 0 saturated carbocycles. The number of hydrogen-bond donors (Lipinski definition) is 2. The largest absolute Gasteiger partial charge is 0.388 e. The molecule has 2 rings (SSSR count). The Kier molecular flexibility index (Phi) is 3.89. The molecule has 0 unspecified atom stereocenters. The first kappa shape index (κ1) is 13.0. The Balaban J connectivity index is 2.10. The van der Waals surface area contributed by atoms with E-state index in [4.69, 9.17) is 5.73 Å². The van der Waals surface area contributed by atoms with Gasteiger partial charge in [-0.1, -0.05) is 0 Å². The van der Waals surface area contributed by atoms with E-state index in [-0.39, 0.29) is 0 Å². The highest BCUT2D eigenvalue weighted by Gasteiger charge is 2.31. The smallest absolute Gasteiger partial charge is 0.142 e. The summed E-state index contributed by atoms with van der Waals surface area (Å²) in [5.41, 5.74) is 6.09. The summed E-state index contributed by atoms with van der Waals surface area (Å²) < 4.78 is 1.17. The van der Waals surface area contributed by atoms with Gasteiger partial charge in [0.2, 0.25) is 0 Å². The lowest BCUT2D eigenvalue weighted by Crippen LogP contribution is -2.49. The van der Waals surface area contributed by atoms with Gasteiger partial charge in [-0.25, -0.2) is 4.98 Å². The van der Waals surface area contributed by atoms with Gasteiger partial charge in [0.1, 0.15) is 5.82 Å². The Bertz CT molecular complexity index is 403. The monoisotopic (exact) mass is 347 g/mol. The third-order valence-electron chi connectivity index (χ3n) is 3.33. The molecule has 0 atom stereocenters. The van der Waals surface area contributed by atoms with E-state index in [0.717, 1.165) is 31.7 Å². The standard InChI is InChI=1S/C12H18IN3O/c1-9-6-10(13)11(15-7-9)16-4-2-12(17,8-14)3-5-16/h6-7,17H,2-5,8,14H2,1H3. The average molecular weight is 347 g/mol. The van der Waals surface area contributed by atoms with Gasteiger partial charge in [-0.3, -0.25) is 0 Å². The molecule has 0 spiro atoms. The molecule has 3 N–H and O–H groups in total. The number of nitrogens with zero attached hydrogens (tertiary/aromatic N) is 2. The molecule has 4 nitrogen and oxygen atoms in total. The van der Waals surface area contributed by atoms with Crippen LogP contribution in [0.1, 0.15) is 18.4 Å². The fourth-order valence-corrected chi connectivity index (χ4v) is 3.07. The molecule has 1 saturated heterocycles. The predicted octanol–water partition coefficient (Wildman–Crippen LogP) is 1.28. The average Bonchev–Trinajstić information content (AvgIpc) is 2.31. The minimum atomic E-state index is -0.674.